The van der Waals surface area contributed by atoms with Gasteiger partial charge in [0.2, 0.25) is 0 Å². The van der Waals surface area contributed by atoms with Crippen molar-refractivity contribution in [1.29, 1.82) is 0 Å². The van der Waals surface area contributed by atoms with Crippen LogP contribution in [0, 0.1) is 0 Å². The third-order valence-electron chi connectivity index (χ3n) is 9.75. The van der Waals surface area contributed by atoms with E-state index in [0.717, 1.165) is 27.5 Å². The summed E-state index contributed by atoms with van der Waals surface area (Å²) in [5.41, 5.74) is 10.3. The molecule has 2 nitrogen and oxygen atoms in total. The maximum atomic E-state index is 4.96. The molecule has 0 saturated carbocycles. The molecule has 0 aliphatic heterocycles. The predicted octanol–water partition coefficient (Wildman–Crippen LogP) is 13.0. The van der Waals surface area contributed by atoms with Crippen molar-refractivity contribution >= 4 is 64.0 Å². The van der Waals surface area contributed by atoms with Crippen molar-refractivity contribution in [2.24, 2.45) is 0 Å². The first-order chi connectivity index (χ1) is 24.3. The van der Waals surface area contributed by atoms with Crippen molar-refractivity contribution in [3.05, 3.63) is 170 Å². The summed E-state index contributed by atoms with van der Waals surface area (Å²) in [4.78, 5) is 9.82. The summed E-state index contributed by atoms with van der Waals surface area (Å²) in [6.45, 7) is 0. The highest BCUT2D eigenvalue weighted by Gasteiger charge is 2.18. The average Bonchev–Trinajstić information content (AvgIpc) is 3.56. The Hall–Kier alpha value is -6.16. The molecular formula is C46H28N2S. The van der Waals surface area contributed by atoms with Gasteiger partial charge in [0.05, 0.1) is 11.2 Å². The van der Waals surface area contributed by atoms with E-state index in [1.165, 1.54) is 69.7 Å². The molecule has 0 unspecified atom stereocenters. The van der Waals surface area contributed by atoms with E-state index in [2.05, 4.69) is 164 Å². The molecule has 0 bridgehead atoms. The highest BCUT2D eigenvalue weighted by atomic mass is 32.1. The fourth-order valence-electron chi connectivity index (χ4n) is 7.46. The van der Waals surface area contributed by atoms with Crippen LogP contribution >= 0.6 is 11.3 Å². The Balaban J connectivity index is 1.23. The van der Waals surface area contributed by atoms with E-state index in [4.69, 9.17) is 9.97 Å². The molecule has 10 aromatic rings. The van der Waals surface area contributed by atoms with Gasteiger partial charge in [-0.1, -0.05) is 133 Å². The summed E-state index contributed by atoms with van der Waals surface area (Å²) in [5.74, 6) is 0. The van der Waals surface area contributed by atoms with Gasteiger partial charge < -0.3 is 0 Å². The van der Waals surface area contributed by atoms with Crippen LogP contribution in [0.4, 0.5) is 0 Å². The molecule has 49 heavy (non-hydrogen) atoms. The van der Waals surface area contributed by atoms with Crippen LogP contribution in [0.1, 0.15) is 0 Å². The molecule has 0 N–H and O–H groups in total. The van der Waals surface area contributed by atoms with Crippen LogP contribution in [0.15, 0.2) is 170 Å². The van der Waals surface area contributed by atoms with Gasteiger partial charge in [0.25, 0.3) is 0 Å². The third kappa shape index (κ3) is 4.55. The maximum Gasteiger partial charge on any atom is 0.116 e. The van der Waals surface area contributed by atoms with Crippen molar-refractivity contribution in [3.63, 3.8) is 0 Å². The molecule has 0 radical (unpaired) electrons. The summed E-state index contributed by atoms with van der Waals surface area (Å²) in [5, 5.41) is 8.41. The number of fused-ring (bicyclic) bond motifs is 9. The number of hydrogen-bond donors (Lipinski definition) is 0. The minimum Gasteiger partial charge on any atom is -0.236 e. The van der Waals surface area contributed by atoms with Crippen LogP contribution in [0.25, 0.3) is 97.3 Å². The van der Waals surface area contributed by atoms with Crippen molar-refractivity contribution in [3.8, 4) is 44.6 Å². The first-order valence-electron chi connectivity index (χ1n) is 16.6. The molecule has 0 fully saturated rings. The van der Waals surface area contributed by atoms with Gasteiger partial charge in [0, 0.05) is 42.1 Å². The Labute approximate surface area is 287 Å². The molecule has 2 heterocycles. The fraction of sp³-hybridized carbons (Fsp3) is 0. The molecule has 2 aromatic heterocycles. The van der Waals surface area contributed by atoms with Gasteiger partial charge in [-0.3, -0.25) is 0 Å². The van der Waals surface area contributed by atoms with E-state index in [1.807, 2.05) is 11.3 Å². The maximum absolute atomic E-state index is 4.96. The Bertz CT molecular complexity index is 2830. The Morgan fingerprint density at radius 1 is 0.367 bits per heavy atom. The second-order valence-corrected chi connectivity index (χ2v) is 13.6. The minimum absolute atomic E-state index is 0.952. The van der Waals surface area contributed by atoms with Crippen LogP contribution in [0.3, 0.4) is 0 Å². The molecule has 0 atom stereocenters. The molecule has 0 amide bonds. The van der Waals surface area contributed by atoms with E-state index in [9.17, 15) is 0 Å². The van der Waals surface area contributed by atoms with Crippen LogP contribution in [0.5, 0.6) is 0 Å². The first-order valence-corrected chi connectivity index (χ1v) is 17.4. The summed E-state index contributed by atoms with van der Waals surface area (Å²) < 4.78 is 2.58. The summed E-state index contributed by atoms with van der Waals surface area (Å²) in [6.07, 6.45) is 1.72. The molecule has 3 heteroatoms. The lowest BCUT2D eigenvalue weighted by Crippen LogP contribution is -1.93. The van der Waals surface area contributed by atoms with Gasteiger partial charge in [0.15, 0.2) is 0 Å². The number of benzene rings is 8. The third-order valence-corrected chi connectivity index (χ3v) is 11.0. The number of hydrogen-bond acceptors (Lipinski definition) is 3. The number of thiophene rings is 1. The lowest BCUT2D eigenvalue weighted by atomic mass is 9.92. The predicted molar refractivity (Wildman–Crippen MR) is 209 cm³/mol. The molecule has 10 rings (SSSR count). The zero-order chi connectivity index (χ0) is 32.3. The second-order valence-electron chi connectivity index (χ2n) is 12.6. The van der Waals surface area contributed by atoms with Crippen LogP contribution in [-0.4, -0.2) is 9.97 Å². The monoisotopic (exact) mass is 640 g/mol. The van der Waals surface area contributed by atoms with E-state index in [-0.39, 0.29) is 0 Å². The lowest BCUT2D eigenvalue weighted by Gasteiger charge is -2.14. The molecule has 228 valence electrons. The molecule has 0 spiro atoms. The van der Waals surface area contributed by atoms with Gasteiger partial charge in [-0.2, -0.15) is 0 Å². The molecule has 0 aliphatic rings. The topological polar surface area (TPSA) is 25.8 Å². The van der Waals surface area contributed by atoms with Gasteiger partial charge in [-0.05, 0) is 74.3 Å². The Kier molecular flexibility index (Phi) is 6.39. The average molecular weight is 641 g/mol. The summed E-state index contributed by atoms with van der Waals surface area (Å²) in [6, 6.07) is 59.1. The molecule has 0 saturated heterocycles. The molecule has 0 aliphatic carbocycles. The van der Waals surface area contributed by atoms with Crippen molar-refractivity contribution in [2.75, 3.05) is 0 Å². The Morgan fingerprint density at radius 2 is 0.980 bits per heavy atom. The van der Waals surface area contributed by atoms with E-state index < -0.39 is 0 Å². The van der Waals surface area contributed by atoms with Gasteiger partial charge in [-0.25, -0.2) is 9.97 Å². The first kappa shape index (κ1) is 27.9. The van der Waals surface area contributed by atoms with Crippen molar-refractivity contribution in [2.45, 2.75) is 0 Å². The van der Waals surface area contributed by atoms with Crippen LogP contribution in [0.2, 0.25) is 0 Å². The van der Waals surface area contributed by atoms with E-state index >= 15 is 0 Å². The number of rotatable bonds is 4. The normalized spacial score (nSPS) is 11.7. The van der Waals surface area contributed by atoms with Crippen LogP contribution in [-0.2, 0) is 0 Å². The standard InChI is InChI=1S/C46H28N2S/c1-3-12-29(13-4-1)31-22-23-42-40(25-31)41-27-34(30-14-5-2-6-15-30)26-39(46(41)49-42)32-16-11-17-33(24-32)44-43-37-20-9-7-18-35(37)36-19-8-10-21-38(36)45(43)48-28-47-44/h1-28H. The van der Waals surface area contributed by atoms with E-state index in [1.54, 1.807) is 6.33 Å². The smallest absolute Gasteiger partial charge is 0.116 e. The van der Waals surface area contributed by atoms with Gasteiger partial charge >= 0.3 is 0 Å². The molecule has 8 aromatic carbocycles. The second kappa shape index (κ2) is 11.2. The Morgan fingerprint density at radius 3 is 1.76 bits per heavy atom. The SMILES string of the molecule is c1ccc(-c2ccc3sc4c(-c5cccc(-c6ncnc7c8ccccc8c8ccccc8c67)c5)cc(-c5ccccc5)cc4c3c2)cc1. The highest BCUT2D eigenvalue weighted by molar-refractivity contribution is 7.26. The zero-order valence-corrected chi connectivity index (χ0v) is 27.3. The van der Waals surface area contributed by atoms with Gasteiger partial charge in [-0.15, -0.1) is 11.3 Å². The van der Waals surface area contributed by atoms with Crippen molar-refractivity contribution in [1.82, 2.24) is 9.97 Å². The summed E-state index contributed by atoms with van der Waals surface area (Å²) >= 11 is 1.87. The van der Waals surface area contributed by atoms with Crippen LogP contribution < -0.4 is 0 Å². The quantitative estimate of drug-likeness (QED) is 0.179. The minimum atomic E-state index is 0.952. The largest absolute Gasteiger partial charge is 0.236 e. The fourth-order valence-corrected chi connectivity index (χ4v) is 8.66. The lowest BCUT2D eigenvalue weighted by molar-refractivity contribution is 1.23. The number of aromatic nitrogens is 2. The van der Waals surface area contributed by atoms with Gasteiger partial charge in [0.1, 0.15) is 6.33 Å². The van der Waals surface area contributed by atoms with E-state index in [0.29, 0.717) is 0 Å². The van der Waals surface area contributed by atoms with Crippen molar-refractivity contribution < 1.29 is 0 Å². The zero-order valence-electron chi connectivity index (χ0n) is 26.5. The highest BCUT2D eigenvalue weighted by Crippen LogP contribution is 2.45. The number of nitrogens with zero attached hydrogens (tertiary/aromatic N) is 2. The molecular weight excluding hydrogens is 613 g/mol. The summed E-state index contributed by atoms with van der Waals surface area (Å²) in [7, 11) is 0.